The summed E-state index contributed by atoms with van der Waals surface area (Å²) >= 11 is 0. The zero-order chi connectivity index (χ0) is 12.0. The van der Waals surface area contributed by atoms with Crippen molar-refractivity contribution < 1.29 is 9.15 Å². The minimum absolute atomic E-state index is 0.484. The molecule has 1 atom stereocenters. The Morgan fingerprint density at radius 1 is 1.35 bits per heavy atom. The first-order valence-electron chi connectivity index (χ1n) is 5.83. The minimum Gasteiger partial charge on any atom is -0.438 e. The van der Waals surface area contributed by atoms with E-state index >= 15 is 0 Å². The molecule has 4 nitrogen and oxygen atoms in total. The number of hydrogen-bond acceptors (Lipinski definition) is 4. The maximum absolute atomic E-state index is 6.25. The van der Waals surface area contributed by atoms with Crippen molar-refractivity contribution in [3.8, 4) is 0 Å². The number of nitrogens with zero attached hydrogens (tertiary/aromatic N) is 1. The molecule has 1 aliphatic heterocycles. The van der Waals surface area contributed by atoms with E-state index in [0.29, 0.717) is 19.1 Å². The summed E-state index contributed by atoms with van der Waals surface area (Å²) in [7, 11) is 0. The van der Waals surface area contributed by atoms with Crippen molar-refractivity contribution in [2.24, 2.45) is 5.73 Å². The number of fused-ring (bicyclic) bond motifs is 1. The summed E-state index contributed by atoms with van der Waals surface area (Å²) in [4.78, 5) is 4.52. The Kier molecular flexibility index (Phi) is 2.24. The second-order valence-electron chi connectivity index (χ2n) is 4.91. The lowest BCUT2D eigenvalue weighted by atomic mass is 10.0. The summed E-state index contributed by atoms with van der Waals surface area (Å²) in [6, 6.07) is 4.11. The summed E-state index contributed by atoms with van der Waals surface area (Å²) < 4.78 is 11.2. The highest BCUT2D eigenvalue weighted by atomic mass is 16.5. The highest BCUT2D eigenvalue weighted by Crippen LogP contribution is 2.31. The van der Waals surface area contributed by atoms with Gasteiger partial charge in [-0.2, -0.15) is 0 Å². The highest BCUT2D eigenvalue weighted by Gasteiger charge is 2.37. The zero-order valence-electron chi connectivity index (χ0n) is 10.1. The molecule has 3 rings (SSSR count). The Balaban J connectivity index is 2.16. The van der Waals surface area contributed by atoms with Gasteiger partial charge in [0.15, 0.2) is 5.58 Å². The molecule has 1 unspecified atom stereocenters. The van der Waals surface area contributed by atoms with Crippen LogP contribution in [0, 0.1) is 13.8 Å². The van der Waals surface area contributed by atoms with E-state index in [1.807, 2.05) is 13.0 Å². The van der Waals surface area contributed by atoms with Crippen LogP contribution in [0.15, 0.2) is 16.5 Å². The monoisotopic (exact) mass is 232 g/mol. The Bertz CT molecular complexity index is 568. The molecule has 1 fully saturated rings. The van der Waals surface area contributed by atoms with Crippen LogP contribution >= 0.6 is 0 Å². The number of ether oxygens (including phenoxy) is 1. The van der Waals surface area contributed by atoms with Crippen molar-refractivity contribution in [1.82, 2.24) is 4.98 Å². The third kappa shape index (κ3) is 1.64. The number of nitrogens with two attached hydrogens (primary N) is 1. The lowest BCUT2D eigenvalue weighted by Gasteiger charge is -2.16. The van der Waals surface area contributed by atoms with Crippen molar-refractivity contribution in [3.05, 3.63) is 29.2 Å². The van der Waals surface area contributed by atoms with Crippen LogP contribution in [-0.4, -0.2) is 18.2 Å². The molecule has 90 valence electrons. The fraction of sp³-hybridized carbons (Fsp3) is 0.462. The first-order chi connectivity index (χ1) is 8.08. The predicted molar refractivity (Wildman–Crippen MR) is 64.8 cm³/mol. The minimum atomic E-state index is -0.556. The van der Waals surface area contributed by atoms with Gasteiger partial charge in [0.25, 0.3) is 0 Å². The average molecular weight is 232 g/mol. The van der Waals surface area contributed by atoms with Gasteiger partial charge in [0, 0.05) is 6.61 Å². The maximum Gasteiger partial charge on any atom is 0.218 e. The van der Waals surface area contributed by atoms with E-state index in [9.17, 15) is 0 Å². The van der Waals surface area contributed by atoms with Crippen molar-refractivity contribution in [2.75, 3.05) is 13.2 Å². The van der Waals surface area contributed by atoms with Crippen molar-refractivity contribution in [1.29, 1.82) is 0 Å². The molecule has 1 aromatic heterocycles. The van der Waals surface area contributed by atoms with Crippen molar-refractivity contribution >= 4 is 11.1 Å². The van der Waals surface area contributed by atoms with E-state index in [1.54, 1.807) is 0 Å². The largest absolute Gasteiger partial charge is 0.438 e. The first kappa shape index (κ1) is 10.7. The average Bonchev–Trinajstić information content (AvgIpc) is 2.84. The summed E-state index contributed by atoms with van der Waals surface area (Å²) in [5.74, 6) is 0.596. The van der Waals surface area contributed by atoms with E-state index in [0.717, 1.165) is 23.1 Å². The number of rotatable bonds is 1. The molecule has 2 N–H and O–H groups in total. The molecule has 17 heavy (non-hydrogen) atoms. The summed E-state index contributed by atoms with van der Waals surface area (Å²) in [6.07, 6.45) is 0.762. The SMILES string of the molecule is Cc1cc(C)c2oc(C3(N)CCOC3)nc2c1. The van der Waals surface area contributed by atoms with Gasteiger partial charge in [-0.15, -0.1) is 0 Å². The molecule has 1 aliphatic rings. The van der Waals surface area contributed by atoms with Gasteiger partial charge in [-0.05, 0) is 37.5 Å². The quantitative estimate of drug-likeness (QED) is 0.817. The topological polar surface area (TPSA) is 61.3 Å². The fourth-order valence-electron chi connectivity index (χ4n) is 2.34. The van der Waals surface area contributed by atoms with E-state index < -0.39 is 5.54 Å². The number of aryl methyl sites for hydroxylation is 2. The van der Waals surface area contributed by atoms with Gasteiger partial charge in [0.05, 0.1) is 6.61 Å². The predicted octanol–water partition coefficient (Wildman–Crippen LogP) is 2.02. The van der Waals surface area contributed by atoms with Crippen molar-refractivity contribution in [2.45, 2.75) is 25.8 Å². The van der Waals surface area contributed by atoms with Gasteiger partial charge >= 0.3 is 0 Å². The third-order valence-electron chi connectivity index (χ3n) is 3.30. The second kappa shape index (κ2) is 3.55. The van der Waals surface area contributed by atoms with Crippen LogP contribution in [0.25, 0.3) is 11.1 Å². The molecule has 2 aromatic rings. The lowest BCUT2D eigenvalue weighted by molar-refractivity contribution is 0.170. The molecule has 0 saturated carbocycles. The Labute approximate surface area is 99.8 Å². The van der Waals surface area contributed by atoms with Gasteiger partial charge in [-0.3, -0.25) is 0 Å². The number of benzene rings is 1. The number of aromatic nitrogens is 1. The van der Waals surface area contributed by atoms with Crippen LogP contribution in [0.3, 0.4) is 0 Å². The van der Waals surface area contributed by atoms with Crippen LogP contribution in [0.2, 0.25) is 0 Å². The normalized spacial score (nSPS) is 24.6. The molecule has 0 aliphatic carbocycles. The second-order valence-corrected chi connectivity index (χ2v) is 4.91. The van der Waals surface area contributed by atoms with Crippen LogP contribution in [0.1, 0.15) is 23.4 Å². The van der Waals surface area contributed by atoms with E-state index in [2.05, 4.69) is 18.0 Å². The molecule has 1 aromatic carbocycles. The molecule has 0 amide bonds. The van der Waals surface area contributed by atoms with Crippen LogP contribution in [0.5, 0.6) is 0 Å². The zero-order valence-corrected chi connectivity index (χ0v) is 10.1. The molecule has 0 radical (unpaired) electrons. The van der Waals surface area contributed by atoms with Crippen LogP contribution < -0.4 is 5.73 Å². The first-order valence-corrected chi connectivity index (χ1v) is 5.83. The van der Waals surface area contributed by atoms with E-state index in [4.69, 9.17) is 14.9 Å². The van der Waals surface area contributed by atoms with Gasteiger partial charge < -0.3 is 14.9 Å². The molecule has 1 saturated heterocycles. The molecule has 0 bridgehead atoms. The molecule has 0 spiro atoms. The van der Waals surface area contributed by atoms with E-state index in [1.165, 1.54) is 5.56 Å². The lowest BCUT2D eigenvalue weighted by Crippen LogP contribution is -2.37. The Hall–Kier alpha value is -1.39. The number of hydrogen-bond donors (Lipinski definition) is 1. The smallest absolute Gasteiger partial charge is 0.218 e. The van der Waals surface area contributed by atoms with Gasteiger partial charge in [-0.1, -0.05) is 6.07 Å². The Morgan fingerprint density at radius 2 is 2.18 bits per heavy atom. The number of oxazole rings is 1. The maximum atomic E-state index is 6.25. The van der Waals surface area contributed by atoms with Crippen LogP contribution in [-0.2, 0) is 10.3 Å². The molecule has 4 heteroatoms. The molecular formula is C13H16N2O2. The summed E-state index contributed by atoms with van der Waals surface area (Å²) in [5, 5.41) is 0. The van der Waals surface area contributed by atoms with Crippen molar-refractivity contribution in [3.63, 3.8) is 0 Å². The van der Waals surface area contributed by atoms with E-state index in [-0.39, 0.29) is 0 Å². The Morgan fingerprint density at radius 3 is 2.88 bits per heavy atom. The standard InChI is InChI=1S/C13H16N2O2/c1-8-5-9(2)11-10(6-8)15-12(17-11)13(14)3-4-16-7-13/h5-6H,3-4,7,14H2,1-2H3. The van der Waals surface area contributed by atoms with Crippen LogP contribution in [0.4, 0.5) is 0 Å². The van der Waals surface area contributed by atoms with Gasteiger partial charge in [0.2, 0.25) is 5.89 Å². The fourth-order valence-corrected chi connectivity index (χ4v) is 2.34. The molecule has 2 heterocycles. The summed E-state index contributed by atoms with van der Waals surface area (Å²) in [5.41, 5.74) is 9.70. The highest BCUT2D eigenvalue weighted by molar-refractivity contribution is 5.77. The molecular weight excluding hydrogens is 216 g/mol. The summed E-state index contributed by atoms with van der Waals surface area (Å²) in [6.45, 7) is 5.24. The van der Waals surface area contributed by atoms with Gasteiger partial charge in [0.1, 0.15) is 11.1 Å². The third-order valence-corrected chi connectivity index (χ3v) is 3.30. The van der Waals surface area contributed by atoms with Gasteiger partial charge in [-0.25, -0.2) is 4.98 Å².